The van der Waals surface area contributed by atoms with E-state index in [1.165, 1.54) is 16.2 Å². The van der Waals surface area contributed by atoms with Gasteiger partial charge in [-0.15, -0.1) is 11.8 Å². The Kier molecular flexibility index (Phi) is 4.48. The first-order valence-corrected chi connectivity index (χ1v) is 8.97. The van der Waals surface area contributed by atoms with Crippen molar-refractivity contribution >= 4 is 17.7 Å². The van der Waals surface area contributed by atoms with Gasteiger partial charge in [0.25, 0.3) is 0 Å². The fourth-order valence-corrected chi connectivity index (χ4v) is 4.42. The smallest absolute Gasteiger partial charge is 0.228 e. The number of nitrogens with one attached hydrogen (secondary N) is 1. The molecule has 1 aromatic heterocycles. The quantitative estimate of drug-likeness (QED) is 0.938. The summed E-state index contributed by atoms with van der Waals surface area (Å²) in [5.74, 6) is 0.937. The van der Waals surface area contributed by atoms with Gasteiger partial charge >= 0.3 is 0 Å². The SMILES string of the molecule is Cc1nn(C)c(C)c1C[C@H](C)NC(=O)[C@H]1CSc2ccccc21. The van der Waals surface area contributed by atoms with E-state index in [0.29, 0.717) is 0 Å². The fraction of sp³-hybridized carbons (Fsp3) is 0.444. The van der Waals surface area contributed by atoms with Crippen LogP contribution in [-0.2, 0) is 18.3 Å². The van der Waals surface area contributed by atoms with Gasteiger partial charge in [0.15, 0.2) is 0 Å². The highest BCUT2D eigenvalue weighted by molar-refractivity contribution is 7.99. The van der Waals surface area contributed by atoms with Crippen LogP contribution in [0.1, 0.15) is 35.4 Å². The van der Waals surface area contributed by atoms with Gasteiger partial charge in [-0.25, -0.2) is 0 Å². The molecule has 5 heteroatoms. The highest BCUT2D eigenvalue weighted by Crippen LogP contribution is 2.39. The molecular weight excluding hydrogens is 306 g/mol. The number of carbonyl (C=O) groups excluding carboxylic acids is 1. The molecule has 0 fully saturated rings. The van der Waals surface area contributed by atoms with Crippen molar-refractivity contribution in [2.45, 2.75) is 44.0 Å². The molecule has 1 aliphatic rings. The second-order valence-corrected chi connectivity index (χ2v) is 7.35. The van der Waals surface area contributed by atoms with Crippen LogP contribution < -0.4 is 5.32 Å². The molecule has 2 atom stereocenters. The van der Waals surface area contributed by atoms with Crippen molar-refractivity contribution in [2.24, 2.45) is 7.05 Å². The average Bonchev–Trinajstić information content (AvgIpc) is 3.04. The van der Waals surface area contributed by atoms with E-state index in [1.807, 2.05) is 30.8 Å². The van der Waals surface area contributed by atoms with Crippen LogP contribution in [0.3, 0.4) is 0 Å². The summed E-state index contributed by atoms with van der Waals surface area (Å²) in [6.07, 6.45) is 0.818. The van der Waals surface area contributed by atoms with Gasteiger partial charge < -0.3 is 5.32 Å². The van der Waals surface area contributed by atoms with Crippen molar-refractivity contribution in [1.82, 2.24) is 15.1 Å². The highest BCUT2D eigenvalue weighted by atomic mass is 32.2. The number of thioether (sulfide) groups is 1. The van der Waals surface area contributed by atoms with E-state index >= 15 is 0 Å². The summed E-state index contributed by atoms with van der Waals surface area (Å²) in [7, 11) is 1.96. The second-order valence-electron chi connectivity index (χ2n) is 6.29. The maximum absolute atomic E-state index is 12.6. The van der Waals surface area contributed by atoms with Crippen LogP contribution in [-0.4, -0.2) is 27.5 Å². The zero-order valence-electron chi connectivity index (χ0n) is 14.1. The minimum Gasteiger partial charge on any atom is -0.353 e. The number of rotatable bonds is 4. The first-order valence-electron chi connectivity index (χ1n) is 7.98. The number of aryl methyl sites for hydroxylation is 2. The van der Waals surface area contributed by atoms with Gasteiger partial charge in [0.2, 0.25) is 5.91 Å². The normalized spacial score (nSPS) is 17.8. The lowest BCUT2D eigenvalue weighted by Crippen LogP contribution is -2.37. The summed E-state index contributed by atoms with van der Waals surface area (Å²) in [5.41, 5.74) is 4.62. The Bertz CT molecular complexity index is 738. The van der Waals surface area contributed by atoms with Crippen LogP contribution in [0.2, 0.25) is 0 Å². The topological polar surface area (TPSA) is 46.9 Å². The number of amides is 1. The molecule has 1 amide bonds. The Balaban J connectivity index is 1.67. The molecule has 1 aliphatic heterocycles. The maximum atomic E-state index is 12.6. The summed E-state index contributed by atoms with van der Waals surface area (Å²) in [6, 6.07) is 8.31. The summed E-state index contributed by atoms with van der Waals surface area (Å²) in [4.78, 5) is 13.9. The zero-order chi connectivity index (χ0) is 16.6. The van der Waals surface area contributed by atoms with E-state index in [2.05, 4.69) is 36.4 Å². The predicted octanol–water partition coefficient (Wildman–Crippen LogP) is 2.97. The Hall–Kier alpha value is -1.75. The number of carbonyl (C=O) groups is 1. The van der Waals surface area contributed by atoms with Crippen LogP contribution in [0.15, 0.2) is 29.2 Å². The summed E-state index contributed by atoms with van der Waals surface area (Å²) >= 11 is 1.77. The zero-order valence-corrected chi connectivity index (χ0v) is 14.9. The average molecular weight is 329 g/mol. The summed E-state index contributed by atoms with van der Waals surface area (Å²) in [5, 5.41) is 7.64. The minimum atomic E-state index is -0.0326. The van der Waals surface area contributed by atoms with Crippen molar-refractivity contribution in [3.63, 3.8) is 0 Å². The van der Waals surface area contributed by atoms with Gasteiger partial charge in [-0.05, 0) is 44.4 Å². The third-order valence-electron chi connectivity index (χ3n) is 4.57. The molecule has 1 aromatic carbocycles. The van der Waals surface area contributed by atoms with E-state index in [9.17, 15) is 4.79 Å². The van der Waals surface area contributed by atoms with E-state index < -0.39 is 0 Å². The maximum Gasteiger partial charge on any atom is 0.228 e. The predicted molar refractivity (Wildman–Crippen MR) is 93.9 cm³/mol. The Labute approximate surface area is 141 Å². The Morgan fingerprint density at radius 3 is 2.87 bits per heavy atom. The monoisotopic (exact) mass is 329 g/mol. The molecule has 0 saturated carbocycles. The number of nitrogens with zero attached hydrogens (tertiary/aromatic N) is 2. The van der Waals surface area contributed by atoms with Crippen molar-refractivity contribution in [1.29, 1.82) is 0 Å². The molecule has 0 radical (unpaired) electrons. The lowest BCUT2D eigenvalue weighted by atomic mass is 9.99. The van der Waals surface area contributed by atoms with Crippen molar-refractivity contribution < 1.29 is 4.79 Å². The van der Waals surface area contributed by atoms with E-state index in [4.69, 9.17) is 0 Å². The third kappa shape index (κ3) is 3.15. The number of hydrogen-bond acceptors (Lipinski definition) is 3. The third-order valence-corrected chi connectivity index (χ3v) is 5.76. The summed E-state index contributed by atoms with van der Waals surface area (Å²) in [6.45, 7) is 6.17. The van der Waals surface area contributed by atoms with E-state index in [-0.39, 0.29) is 17.9 Å². The van der Waals surface area contributed by atoms with E-state index in [0.717, 1.165) is 23.4 Å². The lowest BCUT2D eigenvalue weighted by Gasteiger charge is -2.18. The molecule has 2 aromatic rings. The van der Waals surface area contributed by atoms with Crippen molar-refractivity contribution in [3.8, 4) is 0 Å². The molecule has 0 spiro atoms. The van der Waals surface area contributed by atoms with Crippen LogP contribution in [0.4, 0.5) is 0 Å². The minimum absolute atomic E-state index is 0.0326. The largest absolute Gasteiger partial charge is 0.353 e. The Morgan fingerprint density at radius 1 is 1.43 bits per heavy atom. The molecule has 0 aliphatic carbocycles. The second kappa shape index (κ2) is 6.40. The number of aromatic nitrogens is 2. The first kappa shape index (κ1) is 16.1. The van der Waals surface area contributed by atoms with Gasteiger partial charge in [-0.2, -0.15) is 5.10 Å². The summed E-state index contributed by atoms with van der Waals surface area (Å²) < 4.78 is 1.91. The van der Waals surface area contributed by atoms with Gasteiger partial charge in [0.1, 0.15) is 0 Å². The van der Waals surface area contributed by atoms with Crippen LogP contribution in [0, 0.1) is 13.8 Å². The van der Waals surface area contributed by atoms with Gasteiger partial charge in [0, 0.05) is 29.4 Å². The number of fused-ring (bicyclic) bond motifs is 1. The molecule has 2 heterocycles. The van der Waals surface area contributed by atoms with Crippen LogP contribution in [0.25, 0.3) is 0 Å². The molecule has 1 N–H and O–H groups in total. The van der Waals surface area contributed by atoms with Crippen LogP contribution in [0.5, 0.6) is 0 Å². The van der Waals surface area contributed by atoms with Crippen molar-refractivity contribution in [3.05, 3.63) is 46.8 Å². The van der Waals surface area contributed by atoms with Crippen LogP contribution >= 0.6 is 11.8 Å². The van der Waals surface area contributed by atoms with Gasteiger partial charge in [0.05, 0.1) is 11.6 Å². The van der Waals surface area contributed by atoms with Crippen molar-refractivity contribution in [2.75, 3.05) is 5.75 Å². The number of hydrogen-bond donors (Lipinski definition) is 1. The molecule has 3 rings (SSSR count). The number of benzene rings is 1. The highest BCUT2D eigenvalue weighted by Gasteiger charge is 2.29. The fourth-order valence-electron chi connectivity index (χ4n) is 3.19. The first-order chi connectivity index (χ1) is 11.0. The molecular formula is C18H23N3OS. The Morgan fingerprint density at radius 2 is 2.17 bits per heavy atom. The molecule has 4 nitrogen and oxygen atoms in total. The molecule has 122 valence electrons. The lowest BCUT2D eigenvalue weighted by molar-refractivity contribution is -0.122. The molecule has 0 bridgehead atoms. The van der Waals surface area contributed by atoms with Gasteiger partial charge in [-0.1, -0.05) is 18.2 Å². The van der Waals surface area contributed by atoms with Gasteiger partial charge in [-0.3, -0.25) is 9.48 Å². The standard InChI is InChI=1S/C18H23N3OS/c1-11(9-15-12(2)20-21(4)13(15)3)19-18(22)16-10-23-17-8-6-5-7-14(16)17/h5-8,11,16H,9-10H2,1-4H3,(H,19,22)/t11-,16-/m0/s1. The molecule has 23 heavy (non-hydrogen) atoms. The molecule has 0 saturated heterocycles. The van der Waals surface area contributed by atoms with E-state index in [1.54, 1.807) is 11.8 Å². The molecule has 0 unspecified atom stereocenters.